The monoisotopic (exact) mass is 207 g/mol. The van der Waals surface area contributed by atoms with Gasteiger partial charge in [0.05, 0.1) is 5.69 Å². The van der Waals surface area contributed by atoms with Crippen LogP contribution in [-0.4, -0.2) is 15.2 Å². The summed E-state index contributed by atoms with van der Waals surface area (Å²) in [6.45, 7) is 0. The number of aromatic nitrogens is 3. The number of nitrogens with zero attached hydrogens (tertiary/aromatic N) is 2. The van der Waals surface area contributed by atoms with E-state index in [0.717, 1.165) is 5.56 Å². The van der Waals surface area contributed by atoms with Gasteiger partial charge in [-0.05, 0) is 18.2 Å². The second-order valence-corrected chi connectivity index (χ2v) is 3.07. The van der Waals surface area contributed by atoms with E-state index in [1.807, 2.05) is 0 Å². The third-order valence-electron chi connectivity index (χ3n) is 1.73. The third-order valence-corrected chi connectivity index (χ3v) is 2.02. The molecule has 0 saturated carbocycles. The Bertz CT molecular complexity index is 495. The van der Waals surface area contributed by atoms with Crippen LogP contribution in [0.15, 0.2) is 35.4 Å². The Balaban J connectivity index is 2.54. The molecule has 2 aromatic heterocycles. The first kappa shape index (κ1) is 8.90. The van der Waals surface area contributed by atoms with E-state index in [9.17, 15) is 4.79 Å². The van der Waals surface area contributed by atoms with Crippen LogP contribution >= 0.6 is 11.6 Å². The molecule has 5 heteroatoms. The average Bonchev–Trinajstić information content (AvgIpc) is 2.23. The fourth-order valence-corrected chi connectivity index (χ4v) is 1.20. The maximum atomic E-state index is 10.9. The van der Waals surface area contributed by atoms with Gasteiger partial charge in [0, 0.05) is 18.0 Å². The minimum atomic E-state index is -0.385. The van der Waals surface area contributed by atoms with E-state index >= 15 is 0 Å². The van der Waals surface area contributed by atoms with Crippen LogP contribution in [0.3, 0.4) is 0 Å². The van der Waals surface area contributed by atoms with Gasteiger partial charge in [0.25, 0.3) is 5.56 Å². The van der Waals surface area contributed by atoms with Crippen molar-refractivity contribution < 1.29 is 0 Å². The average molecular weight is 208 g/mol. The molecule has 0 aliphatic rings. The molecule has 0 amide bonds. The van der Waals surface area contributed by atoms with Gasteiger partial charge in [-0.25, -0.2) is 5.10 Å². The fourth-order valence-electron chi connectivity index (χ4n) is 1.05. The lowest BCUT2D eigenvalue weighted by Crippen LogP contribution is -2.08. The van der Waals surface area contributed by atoms with Crippen LogP contribution in [-0.2, 0) is 0 Å². The smallest absolute Gasteiger partial charge is 0.266 e. The molecule has 0 atom stereocenters. The summed E-state index contributed by atoms with van der Waals surface area (Å²) in [6.07, 6.45) is 3.30. The predicted molar refractivity (Wildman–Crippen MR) is 53.1 cm³/mol. The molecular weight excluding hydrogens is 202 g/mol. The molecule has 14 heavy (non-hydrogen) atoms. The van der Waals surface area contributed by atoms with Crippen molar-refractivity contribution in [1.29, 1.82) is 0 Å². The van der Waals surface area contributed by atoms with Gasteiger partial charge >= 0.3 is 0 Å². The van der Waals surface area contributed by atoms with Gasteiger partial charge in [-0.1, -0.05) is 11.6 Å². The predicted octanol–water partition coefficient (Wildman–Crippen LogP) is 1.49. The van der Waals surface area contributed by atoms with Crippen molar-refractivity contribution in [2.75, 3.05) is 0 Å². The second kappa shape index (κ2) is 3.59. The lowest BCUT2D eigenvalue weighted by molar-refractivity contribution is 0.995. The number of H-pyrrole nitrogens is 1. The van der Waals surface area contributed by atoms with Gasteiger partial charge in [0.1, 0.15) is 5.02 Å². The summed E-state index contributed by atoms with van der Waals surface area (Å²) in [4.78, 5) is 14.8. The van der Waals surface area contributed by atoms with Crippen molar-refractivity contribution >= 4 is 11.6 Å². The van der Waals surface area contributed by atoms with E-state index < -0.39 is 0 Å². The number of pyridine rings is 1. The molecule has 1 N–H and O–H groups in total. The van der Waals surface area contributed by atoms with Gasteiger partial charge in [-0.15, -0.1) is 0 Å². The third kappa shape index (κ3) is 1.65. The number of aromatic amines is 1. The van der Waals surface area contributed by atoms with Crippen LogP contribution in [0.4, 0.5) is 0 Å². The lowest BCUT2D eigenvalue weighted by atomic mass is 10.2. The van der Waals surface area contributed by atoms with Crippen molar-refractivity contribution in [3.63, 3.8) is 0 Å². The molecule has 2 aromatic rings. The van der Waals surface area contributed by atoms with E-state index in [4.69, 9.17) is 11.6 Å². The van der Waals surface area contributed by atoms with Crippen LogP contribution in [0, 0.1) is 0 Å². The number of halogens is 1. The van der Waals surface area contributed by atoms with Crippen molar-refractivity contribution in [2.24, 2.45) is 0 Å². The Hall–Kier alpha value is -1.68. The van der Waals surface area contributed by atoms with Crippen LogP contribution in [0.25, 0.3) is 11.3 Å². The van der Waals surface area contributed by atoms with Crippen molar-refractivity contribution in [3.05, 3.63) is 46.0 Å². The van der Waals surface area contributed by atoms with Gasteiger partial charge < -0.3 is 0 Å². The summed E-state index contributed by atoms with van der Waals surface area (Å²) in [6, 6.07) is 5.10. The number of hydrogen-bond donors (Lipinski definition) is 1. The highest BCUT2D eigenvalue weighted by Gasteiger charge is 2.02. The Labute approximate surface area is 84.6 Å². The second-order valence-electron chi connectivity index (χ2n) is 2.67. The van der Waals surface area contributed by atoms with Crippen LogP contribution < -0.4 is 5.56 Å². The van der Waals surface area contributed by atoms with Gasteiger partial charge in [-0.3, -0.25) is 9.78 Å². The quantitative estimate of drug-likeness (QED) is 0.771. The van der Waals surface area contributed by atoms with Crippen molar-refractivity contribution in [2.45, 2.75) is 0 Å². The van der Waals surface area contributed by atoms with Gasteiger partial charge in [0.2, 0.25) is 0 Å². The maximum Gasteiger partial charge on any atom is 0.282 e. The highest BCUT2D eigenvalue weighted by atomic mass is 35.5. The van der Waals surface area contributed by atoms with E-state index in [2.05, 4.69) is 15.2 Å². The molecule has 2 rings (SSSR count). The summed E-state index contributed by atoms with van der Waals surface area (Å²) in [5.74, 6) is 0. The Morgan fingerprint density at radius 1 is 1.29 bits per heavy atom. The summed E-state index contributed by atoms with van der Waals surface area (Å²) in [5.41, 5.74) is 1.10. The summed E-state index contributed by atoms with van der Waals surface area (Å²) < 4.78 is 0. The Morgan fingerprint density at radius 3 is 2.64 bits per heavy atom. The molecule has 0 radical (unpaired) electrons. The maximum absolute atomic E-state index is 10.9. The molecule has 0 aliphatic carbocycles. The first-order chi connectivity index (χ1) is 6.77. The van der Waals surface area contributed by atoms with E-state index in [1.54, 1.807) is 24.5 Å². The van der Waals surface area contributed by atoms with E-state index in [0.29, 0.717) is 5.69 Å². The SMILES string of the molecule is O=c1[nH]nc(-c2ccncc2)cc1Cl. The summed E-state index contributed by atoms with van der Waals surface area (Å²) in [7, 11) is 0. The first-order valence-electron chi connectivity index (χ1n) is 3.93. The first-order valence-corrected chi connectivity index (χ1v) is 4.31. The number of rotatable bonds is 1. The van der Waals surface area contributed by atoms with Gasteiger partial charge in [-0.2, -0.15) is 5.10 Å². The highest BCUT2D eigenvalue weighted by molar-refractivity contribution is 6.30. The summed E-state index contributed by atoms with van der Waals surface area (Å²) >= 11 is 5.66. The molecule has 0 aliphatic heterocycles. The Morgan fingerprint density at radius 2 is 2.00 bits per heavy atom. The van der Waals surface area contributed by atoms with E-state index in [-0.39, 0.29) is 10.6 Å². The standard InChI is InChI=1S/C9H6ClN3O/c10-7-5-8(12-13-9(7)14)6-1-3-11-4-2-6/h1-5H,(H,13,14). The fraction of sp³-hybridized carbons (Fsp3) is 0. The number of hydrogen-bond acceptors (Lipinski definition) is 3. The Kier molecular flexibility index (Phi) is 2.28. The molecule has 0 bridgehead atoms. The molecular formula is C9H6ClN3O. The zero-order chi connectivity index (χ0) is 9.97. The molecule has 70 valence electrons. The molecule has 0 aromatic carbocycles. The van der Waals surface area contributed by atoms with Crippen LogP contribution in [0.2, 0.25) is 5.02 Å². The number of nitrogens with one attached hydrogen (secondary N) is 1. The highest BCUT2D eigenvalue weighted by Crippen LogP contribution is 2.15. The van der Waals surface area contributed by atoms with Crippen molar-refractivity contribution in [1.82, 2.24) is 15.2 Å². The van der Waals surface area contributed by atoms with Crippen molar-refractivity contribution in [3.8, 4) is 11.3 Å². The van der Waals surface area contributed by atoms with Crippen LogP contribution in [0.5, 0.6) is 0 Å². The van der Waals surface area contributed by atoms with Gasteiger partial charge in [0.15, 0.2) is 0 Å². The van der Waals surface area contributed by atoms with E-state index in [1.165, 1.54) is 6.07 Å². The largest absolute Gasteiger partial charge is 0.282 e. The molecule has 0 unspecified atom stereocenters. The zero-order valence-electron chi connectivity index (χ0n) is 7.07. The molecule has 2 heterocycles. The molecule has 0 fully saturated rings. The summed E-state index contributed by atoms with van der Waals surface area (Å²) in [5, 5.41) is 6.30. The minimum Gasteiger partial charge on any atom is -0.266 e. The zero-order valence-corrected chi connectivity index (χ0v) is 7.82. The topological polar surface area (TPSA) is 58.6 Å². The van der Waals surface area contributed by atoms with Crippen LogP contribution in [0.1, 0.15) is 0 Å². The normalized spacial score (nSPS) is 10.1. The lowest BCUT2D eigenvalue weighted by Gasteiger charge is -1.98. The molecule has 4 nitrogen and oxygen atoms in total. The molecule has 0 spiro atoms. The minimum absolute atomic E-state index is 0.131. The molecule has 0 saturated heterocycles.